The van der Waals surface area contributed by atoms with Crippen LogP contribution in [-0.2, 0) is 11.8 Å². The van der Waals surface area contributed by atoms with Crippen LogP contribution in [0, 0.1) is 12.4 Å². The Labute approximate surface area is 225 Å². The number of anilines is 1. The molecule has 1 fully saturated rings. The minimum absolute atomic E-state index is 0.0683. The number of carbonyl (C=O) groups is 1. The van der Waals surface area contributed by atoms with Crippen molar-refractivity contribution in [3.05, 3.63) is 75.1 Å². The number of piperidine rings is 1. The molecule has 1 N–H and O–H groups in total. The average molecular weight is 538 g/mol. The van der Waals surface area contributed by atoms with Crippen LogP contribution in [-0.4, -0.2) is 40.4 Å². The van der Waals surface area contributed by atoms with E-state index in [0.717, 1.165) is 0 Å². The lowest BCUT2D eigenvalue weighted by Gasteiger charge is -2.34. The number of nitrogens with zero attached hydrogens (tertiary/aromatic N) is 4. The number of carbonyl (C=O) groups excluding carboxylic acids is 1. The molecular formula is C28H29ClFN5O3. The first kappa shape index (κ1) is 27.1. The highest BCUT2D eigenvalue weighted by Crippen LogP contribution is 2.33. The van der Waals surface area contributed by atoms with E-state index in [1.54, 1.807) is 37.4 Å². The number of alkyl carbamates (subject to hydrolysis) is 1. The predicted octanol–water partition coefficient (Wildman–Crippen LogP) is 5.95. The SMILES string of the molecule is [C-]#[N+]c1ccc(-c2nc(N3CCC(NC(=O)OC(C)(C)C)CC3)n(C)c(=O)c2-c2ccc(Cl)cc2)cc1F. The molecule has 0 unspecified atom stereocenters. The maximum atomic E-state index is 14.6. The van der Waals surface area contributed by atoms with Crippen LogP contribution in [0.2, 0.25) is 5.02 Å². The molecule has 3 aromatic rings. The van der Waals surface area contributed by atoms with Gasteiger partial charge >= 0.3 is 6.09 Å². The van der Waals surface area contributed by atoms with Gasteiger partial charge in [0.25, 0.3) is 5.56 Å². The van der Waals surface area contributed by atoms with Gasteiger partial charge in [0.2, 0.25) is 11.6 Å². The van der Waals surface area contributed by atoms with Crippen molar-refractivity contribution in [1.29, 1.82) is 0 Å². The van der Waals surface area contributed by atoms with Gasteiger partial charge in [0.15, 0.2) is 0 Å². The van der Waals surface area contributed by atoms with Crippen molar-refractivity contribution >= 4 is 29.3 Å². The molecule has 198 valence electrons. The first-order valence-electron chi connectivity index (χ1n) is 12.3. The molecule has 2 heterocycles. The van der Waals surface area contributed by atoms with Gasteiger partial charge in [-0.05, 0) is 57.4 Å². The molecule has 0 atom stereocenters. The average Bonchev–Trinajstić information content (AvgIpc) is 2.85. The molecule has 38 heavy (non-hydrogen) atoms. The Morgan fingerprint density at radius 1 is 1.16 bits per heavy atom. The van der Waals surface area contributed by atoms with Gasteiger partial charge in [0.1, 0.15) is 11.4 Å². The van der Waals surface area contributed by atoms with Crippen LogP contribution in [0.3, 0.4) is 0 Å². The number of nitrogens with one attached hydrogen (secondary N) is 1. The predicted molar refractivity (Wildman–Crippen MR) is 146 cm³/mol. The number of aromatic nitrogens is 2. The molecule has 1 aliphatic heterocycles. The smallest absolute Gasteiger partial charge is 0.407 e. The van der Waals surface area contributed by atoms with E-state index in [0.29, 0.717) is 59.3 Å². The Kier molecular flexibility index (Phi) is 7.74. The molecule has 0 spiro atoms. The summed E-state index contributed by atoms with van der Waals surface area (Å²) < 4.78 is 21.5. The topological polar surface area (TPSA) is 80.8 Å². The van der Waals surface area contributed by atoms with E-state index in [1.165, 1.54) is 16.7 Å². The second-order valence-corrected chi connectivity index (χ2v) is 10.6. The van der Waals surface area contributed by atoms with Crippen molar-refractivity contribution in [2.24, 2.45) is 7.05 Å². The summed E-state index contributed by atoms with van der Waals surface area (Å²) in [6, 6.07) is 11.0. The van der Waals surface area contributed by atoms with E-state index in [-0.39, 0.29) is 17.3 Å². The van der Waals surface area contributed by atoms with Gasteiger partial charge in [-0.3, -0.25) is 9.36 Å². The molecule has 0 radical (unpaired) electrons. The molecule has 8 nitrogen and oxygen atoms in total. The Morgan fingerprint density at radius 3 is 2.37 bits per heavy atom. The van der Waals surface area contributed by atoms with Crippen LogP contribution in [0.15, 0.2) is 47.3 Å². The van der Waals surface area contributed by atoms with E-state index in [2.05, 4.69) is 10.2 Å². The number of hydrogen-bond donors (Lipinski definition) is 1. The molecule has 1 amide bonds. The van der Waals surface area contributed by atoms with Crippen LogP contribution < -0.4 is 15.8 Å². The summed E-state index contributed by atoms with van der Waals surface area (Å²) in [7, 11) is 1.65. The normalized spacial score (nSPS) is 14.2. The minimum Gasteiger partial charge on any atom is -0.444 e. The van der Waals surface area contributed by atoms with Crippen molar-refractivity contribution < 1.29 is 13.9 Å². The maximum Gasteiger partial charge on any atom is 0.407 e. The molecule has 0 aliphatic carbocycles. The van der Waals surface area contributed by atoms with E-state index in [4.69, 9.17) is 27.9 Å². The highest BCUT2D eigenvalue weighted by molar-refractivity contribution is 6.30. The summed E-state index contributed by atoms with van der Waals surface area (Å²) in [4.78, 5) is 35.9. The Balaban J connectivity index is 1.70. The van der Waals surface area contributed by atoms with E-state index < -0.39 is 17.5 Å². The molecule has 1 aliphatic rings. The third-order valence-corrected chi connectivity index (χ3v) is 6.49. The first-order valence-corrected chi connectivity index (χ1v) is 12.6. The maximum absolute atomic E-state index is 14.6. The molecule has 4 rings (SSSR count). The zero-order valence-electron chi connectivity index (χ0n) is 21.7. The molecule has 0 saturated carbocycles. The van der Waals surface area contributed by atoms with Crippen LogP contribution in [0.4, 0.5) is 20.8 Å². The summed E-state index contributed by atoms with van der Waals surface area (Å²) in [6.45, 7) is 13.7. The zero-order valence-corrected chi connectivity index (χ0v) is 22.5. The summed E-state index contributed by atoms with van der Waals surface area (Å²) in [6.07, 6.45) is 0.816. The Morgan fingerprint density at radius 2 is 1.79 bits per heavy atom. The standard InChI is InChI=1S/C28H29ClFN5O3/c1-28(2,3)38-27(37)32-20-12-14-35(15-13-20)26-33-24(18-8-11-22(31-4)21(30)16-18)23(25(36)34(26)5)17-6-9-19(29)10-7-17/h6-11,16,20H,12-15H2,1-3,5H3,(H,32,37). The van der Waals surface area contributed by atoms with Crippen LogP contribution in [0.5, 0.6) is 0 Å². The van der Waals surface area contributed by atoms with Gasteiger partial charge in [-0.25, -0.2) is 19.0 Å². The summed E-state index contributed by atoms with van der Waals surface area (Å²) >= 11 is 6.07. The molecule has 1 aromatic heterocycles. The second-order valence-electron chi connectivity index (χ2n) is 10.2. The van der Waals surface area contributed by atoms with Crippen molar-refractivity contribution in [2.45, 2.75) is 45.3 Å². The van der Waals surface area contributed by atoms with Gasteiger partial charge < -0.3 is 15.0 Å². The van der Waals surface area contributed by atoms with Crippen LogP contribution >= 0.6 is 11.6 Å². The monoisotopic (exact) mass is 537 g/mol. The summed E-state index contributed by atoms with van der Waals surface area (Å²) in [5, 5.41) is 3.43. The summed E-state index contributed by atoms with van der Waals surface area (Å²) in [5.74, 6) is -0.245. The highest BCUT2D eigenvalue weighted by atomic mass is 35.5. The van der Waals surface area contributed by atoms with Gasteiger partial charge in [0, 0.05) is 36.8 Å². The zero-order chi connectivity index (χ0) is 27.6. The van der Waals surface area contributed by atoms with Gasteiger partial charge in [0.05, 0.1) is 17.8 Å². The van der Waals surface area contributed by atoms with E-state index >= 15 is 0 Å². The molecule has 0 bridgehead atoms. The van der Waals surface area contributed by atoms with Gasteiger partial charge in [-0.1, -0.05) is 35.9 Å². The van der Waals surface area contributed by atoms with Gasteiger partial charge in [-0.2, -0.15) is 0 Å². The number of benzene rings is 2. The lowest BCUT2D eigenvalue weighted by atomic mass is 10.00. The Bertz CT molecular complexity index is 1450. The first-order chi connectivity index (χ1) is 18.0. The van der Waals surface area contributed by atoms with E-state index in [9.17, 15) is 14.0 Å². The van der Waals surface area contributed by atoms with E-state index in [1.807, 2.05) is 25.7 Å². The number of amides is 1. The lowest BCUT2D eigenvalue weighted by molar-refractivity contribution is 0.0497. The quantitative estimate of drug-likeness (QED) is 0.416. The van der Waals surface area contributed by atoms with Crippen LogP contribution in [0.1, 0.15) is 33.6 Å². The minimum atomic E-state index is -0.683. The van der Waals surface area contributed by atoms with Crippen LogP contribution in [0.25, 0.3) is 27.2 Å². The van der Waals surface area contributed by atoms with Crippen molar-refractivity contribution in [1.82, 2.24) is 14.9 Å². The third kappa shape index (κ3) is 5.97. The fourth-order valence-corrected chi connectivity index (χ4v) is 4.53. The molecule has 2 aromatic carbocycles. The summed E-state index contributed by atoms with van der Waals surface area (Å²) in [5.41, 5.74) is 0.627. The fourth-order valence-electron chi connectivity index (χ4n) is 4.40. The number of ether oxygens (including phenoxy) is 1. The van der Waals surface area contributed by atoms with Crippen molar-refractivity contribution in [2.75, 3.05) is 18.0 Å². The second kappa shape index (κ2) is 10.8. The largest absolute Gasteiger partial charge is 0.444 e. The molecule has 10 heteroatoms. The van der Waals surface area contributed by atoms with Crippen molar-refractivity contribution in [3.8, 4) is 22.4 Å². The number of halogens is 2. The van der Waals surface area contributed by atoms with Gasteiger partial charge in [-0.15, -0.1) is 0 Å². The third-order valence-electron chi connectivity index (χ3n) is 6.24. The lowest BCUT2D eigenvalue weighted by Crippen LogP contribution is -2.47. The number of hydrogen-bond acceptors (Lipinski definition) is 5. The van der Waals surface area contributed by atoms with Crippen molar-refractivity contribution in [3.63, 3.8) is 0 Å². The fraction of sp³-hybridized carbons (Fsp3) is 0.357. The highest BCUT2D eigenvalue weighted by Gasteiger charge is 2.27. The molecule has 1 saturated heterocycles. The Hall–Kier alpha value is -3.90. The number of rotatable bonds is 4. The molecular weight excluding hydrogens is 509 g/mol.